The fraction of sp³-hybridized carbons (Fsp3) is 0.571. The number of aromatic nitrogens is 2. The van der Waals surface area contributed by atoms with Crippen molar-refractivity contribution < 1.29 is 9.50 Å². The maximum Gasteiger partial charge on any atom is 0.125 e. The van der Waals surface area contributed by atoms with Gasteiger partial charge in [0.15, 0.2) is 0 Å². The van der Waals surface area contributed by atoms with E-state index >= 15 is 0 Å². The third-order valence-electron chi connectivity index (χ3n) is 1.43. The zero-order chi connectivity index (χ0) is 8.10. The molecule has 0 amide bonds. The van der Waals surface area contributed by atoms with E-state index in [0.717, 1.165) is 0 Å². The van der Waals surface area contributed by atoms with Gasteiger partial charge in [-0.15, -0.1) is 0 Å². The third kappa shape index (κ3) is 2.67. The Labute approximate surface area is 64.5 Å². The van der Waals surface area contributed by atoms with Gasteiger partial charge >= 0.3 is 0 Å². The Morgan fingerprint density at radius 3 is 3.00 bits per heavy atom. The number of hydrogen-bond donors (Lipinski definition) is 1. The van der Waals surface area contributed by atoms with Crippen molar-refractivity contribution in [1.82, 2.24) is 9.78 Å². The van der Waals surface area contributed by atoms with E-state index in [0.29, 0.717) is 13.0 Å². The molecule has 3 nitrogen and oxygen atoms in total. The van der Waals surface area contributed by atoms with Crippen LogP contribution in [0.2, 0.25) is 0 Å². The molecule has 1 aromatic rings. The zero-order valence-electron chi connectivity index (χ0n) is 6.15. The average molecular weight is 158 g/mol. The van der Waals surface area contributed by atoms with E-state index in [1.165, 1.54) is 0 Å². The van der Waals surface area contributed by atoms with Crippen LogP contribution in [0.3, 0.4) is 0 Å². The first-order chi connectivity index (χ1) is 5.33. The van der Waals surface area contributed by atoms with Crippen molar-refractivity contribution in [2.24, 2.45) is 0 Å². The van der Waals surface area contributed by atoms with E-state index in [2.05, 4.69) is 5.10 Å². The van der Waals surface area contributed by atoms with Crippen LogP contribution in [0.5, 0.6) is 0 Å². The molecule has 0 aliphatic heterocycles. The van der Waals surface area contributed by atoms with Gasteiger partial charge in [0.25, 0.3) is 0 Å². The summed E-state index contributed by atoms with van der Waals surface area (Å²) in [6.07, 6.45) is 2.60. The van der Waals surface area contributed by atoms with Crippen LogP contribution in [-0.4, -0.2) is 27.7 Å². The molecule has 1 N–H and O–H groups in total. The molecular formula is C7H11FN2O. The molecule has 0 radical (unpaired) electrons. The van der Waals surface area contributed by atoms with E-state index in [1.807, 2.05) is 0 Å². The Morgan fingerprint density at radius 1 is 1.64 bits per heavy atom. The minimum atomic E-state index is -1.13. The van der Waals surface area contributed by atoms with E-state index in [-0.39, 0.29) is 0 Å². The Morgan fingerprint density at radius 2 is 2.45 bits per heavy atom. The molecule has 0 aromatic carbocycles. The fourth-order valence-electron chi connectivity index (χ4n) is 0.796. The van der Waals surface area contributed by atoms with Gasteiger partial charge in [0.2, 0.25) is 0 Å². The number of aryl methyl sites for hydroxylation is 1. The van der Waals surface area contributed by atoms with Crippen LogP contribution < -0.4 is 0 Å². The first-order valence-electron chi connectivity index (χ1n) is 3.55. The molecule has 1 aromatic heterocycles. The van der Waals surface area contributed by atoms with Crippen molar-refractivity contribution in [2.75, 3.05) is 6.61 Å². The smallest absolute Gasteiger partial charge is 0.125 e. The molecule has 0 spiro atoms. The quantitative estimate of drug-likeness (QED) is 0.697. The minimum absolute atomic E-state index is 0.318. The predicted molar refractivity (Wildman–Crippen MR) is 38.8 cm³/mol. The summed E-state index contributed by atoms with van der Waals surface area (Å²) in [5, 5.41) is 12.2. The minimum Gasteiger partial charge on any atom is -0.393 e. The molecule has 0 bridgehead atoms. The lowest BCUT2D eigenvalue weighted by atomic mass is 10.3. The average Bonchev–Trinajstić information content (AvgIpc) is 2.52. The van der Waals surface area contributed by atoms with Gasteiger partial charge < -0.3 is 5.11 Å². The van der Waals surface area contributed by atoms with Gasteiger partial charge in [0, 0.05) is 25.4 Å². The van der Waals surface area contributed by atoms with Crippen molar-refractivity contribution in [1.29, 1.82) is 0 Å². The van der Waals surface area contributed by atoms with Crippen LogP contribution >= 0.6 is 0 Å². The van der Waals surface area contributed by atoms with Crippen molar-refractivity contribution in [3.05, 3.63) is 18.5 Å². The van der Waals surface area contributed by atoms with Gasteiger partial charge in [-0.1, -0.05) is 0 Å². The molecule has 0 saturated carbocycles. The normalized spacial score (nSPS) is 13.3. The molecule has 0 aliphatic rings. The van der Waals surface area contributed by atoms with E-state index < -0.39 is 12.8 Å². The second-order valence-electron chi connectivity index (χ2n) is 2.34. The summed E-state index contributed by atoms with van der Waals surface area (Å²) < 4.78 is 14.1. The molecule has 0 fully saturated rings. The first kappa shape index (κ1) is 8.20. The van der Waals surface area contributed by atoms with Crippen LogP contribution in [0.4, 0.5) is 4.39 Å². The molecule has 1 atom stereocenters. The molecule has 1 unspecified atom stereocenters. The summed E-state index contributed by atoms with van der Waals surface area (Å²) in [6.45, 7) is 0.121. The van der Waals surface area contributed by atoms with Gasteiger partial charge in [-0.25, -0.2) is 4.39 Å². The largest absolute Gasteiger partial charge is 0.393 e. The highest BCUT2D eigenvalue weighted by Gasteiger charge is 2.03. The number of alkyl halides is 1. The Bertz CT molecular complexity index is 188. The van der Waals surface area contributed by atoms with Gasteiger partial charge in [0.1, 0.15) is 6.17 Å². The molecule has 0 aliphatic carbocycles. The first-order valence-corrected chi connectivity index (χ1v) is 3.55. The summed E-state index contributed by atoms with van der Waals surface area (Å²) in [5.41, 5.74) is 0. The zero-order valence-corrected chi connectivity index (χ0v) is 6.15. The maximum atomic E-state index is 12.4. The Kier molecular flexibility index (Phi) is 3.04. The van der Waals surface area contributed by atoms with Crippen LogP contribution in [0.15, 0.2) is 18.5 Å². The highest BCUT2D eigenvalue weighted by molar-refractivity contribution is 4.77. The molecule has 11 heavy (non-hydrogen) atoms. The molecular weight excluding hydrogens is 147 g/mol. The highest BCUT2D eigenvalue weighted by Crippen LogP contribution is 1.98. The van der Waals surface area contributed by atoms with Crippen LogP contribution in [0.25, 0.3) is 0 Å². The molecule has 62 valence electrons. The summed E-state index contributed by atoms with van der Waals surface area (Å²) >= 11 is 0. The van der Waals surface area contributed by atoms with E-state index in [1.54, 1.807) is 23.1 Å². The number of rotatable bonds is 4. The third-order valence-corrected chi connectivity index (χ3v) is 1.43. The summed E-state index contributed by atoms with van der Waals surface area (Å²) in [5.74, 6) is 0. The van der Waals surface area contributed by atoms with Crippen LogP contribution in [0.1, 0.15) is 6.42 Å². The predicted octanol–water partition coefficient (Wildman–Crippen LogP) is 0.604. The number of hydrogen-bond acceptors (Lipinski definition) is 2. The number of aliphatic hydroxyl groups is 1. The van der Waals surface area contributed by atoms with Gasteiger partial charge in [-0.3, -0.25) is 4.68 Å². The molecule has 4 heteroatoms. The lowest BCUT2D eigenvalue weighted by molar-refractivity contribution is 0.164. The fourth-order valence-corrected chi connectivity index (χ4v) is 0.796. The summed E-state index contributed by atoms with van der Waals surface area (Å²) in [6, 6.07) is 1.78. The monoisotopic (exact) mass is 158 g/mol. The molecule has 1 heterocycles. The van der Waals surface area contributed by atoms with Crippen LogP contribution in [0, 0.1) is 0 Å². The van der Waals surface area contributed by atoms with E-state index in [9.17, 15) is 4.39 Å². The molecule has 0 saturated heterocycles. The van der Waals surface area contributed by atoms with Crippen molar-refractivity contribution in [3.8, 4) is 0 Å². The Balaban J connectivity index is 2.23. The van der Waals surface area contributed by atoms with Crippen molar-refractivity contribution in [3.63, 3.8) is 0 Å². The summed E-state index contributed by atoms with van der Waals surface area (Å²) in [4.78, 5) is 0. The van der Waals surface area contributed by atoms with E-state index in [4.69, 9.17) is 5.11 Å². The second kappa shape index (κ2) is 4.08. The van der Waals surface area contributed by atoms with Crippen molar-refractivity contribution >= 4 is 0 Å². The van der Waals surface area contributed by atoms with Gasteiger partial charge in [-0.2, -0.15) is 5.10 Å². The lowest BCUT2D eigenvalue weighted by Crippen LogP contribution is -2.10. The highest BCUT2D eigenvalue weighted by atomic mass is 19.1. The molecule has 1 rings (SSSR count). The van der Waals surface area contributed by atoms with Crippen LogP contribution in [-0.2, 0) is 6.54 Å². The number of halogens is 1. The maximum absolute atomic E-state index is 12.4. The van der Waals surface area contributed by atoms with Crippen molar-refractivity contribution in [2.45, 2.75) is 19.1 Å². The van der Waals surface area contributed by atoms with Gasteiger partial charge in [-0.05, 0) is 6.07 Å². The summed E-state index contributed by atoms with van der Waals surface area (Å²) in [7, 11) is 0. The SMILES string of the molecule is OCC(F)CCn1cccn1. The van der Waals surface area contributed by atoms with Gasteiger partial charge in [0.05, 0.1) is 6.61 Å². The standard InChI is InChI=1S/C7H11FN2O/c8-7(6-11)2-5-10-4-1-3-9-10/h1,3-4,7,11H,2,5-6H2. The lowest BCUT2D eigenvalue weighted by Gasteiger charge is -2.03. The number of aliphatic hydroxyl groups excluding tert-OH is 1. The Hall–Kier alpha value is -0.900. The topological polar surface area (TPSA) is 38.0 Å². The second-order valence-corrected chi connectivity index (χ2v) is 2.34. The number of nitrogens with zero attached hydrogens (tertiary/aromatic N) is 2.